The van der Waals surface area contributed by atoms with Gasteiger partial charge in [-0.1, -0.05) is 11.6 Å². The van der Waals surface area contributed by atoms with E-state index in [2.05, 4.69) is 5.32 Å². The average Bonchev–Trinajstić information content (AvgIpc) is 2.56. The lowest BCUT2D eigenvalue weighted by Crippen LogP contribution is -2.25. The zero-order valence-corrected chi connectivity index (χ0v) is 14.1. The van der Waals surface area contributed by atoms with Crippen molar-refractivity contribution in [3.8, 4) is 0 Å². The second-order valence-electron chi connectivity index (χ2n) is 4.83. The molecule has 0 saturated heterocycles. The van der Waals surface area contributed by atoms with Gasteiger partial charge in [-0.2, -0.15) is 0 Å². The van der Waals surface area contributed by atoms with Crippen LogP contribution in [-0.4, -0.2) is 23.1 Å². The van der Waals surface area contributed by atoms with Gasteiger partial charge in [-0.3, -0.25) is 14.9 Å². The Morgan fingerprint density at radius 2 is 1.96 bits per heavy atom. The van der Waals surface area contributed by atoms with E-state index < -0.39 is 10.8 Å². The summed E-state index contributed by atoms with van der Waals surface area (Å²) in [6.07, 6.45) is 0.676. The largest absolute Gasteiger partial charge is 0.352 e. The lowest BCUT2D eigenvalue weighted by atomic mass is 10.1. The van der Waals surface area contributed by atoms with Crippen LogP contribution in [0.15, 0.2) is 47.4 Å². The van der Waals surface area contributed by atoms with Crippen LogP contribution in [0.25, 0.3) is 0 Å². The van der Waals surface area contributed by atoms with E-state index >= 15 is 0 Å². The van der Waals surface area contributed by atoms with Crippen molar-refractivity contribution in [3.05, 3.63) is 69.0 Å². The Morgan fingerprint density at radius 1 is 1.25 bits per heavy atom. The second kappa shape index (κ2) is 8.65. The minimum Gasteiger partial charge on any atom is -0.352 e. The molecule has 8 heteroatoms. The van der Waals surface area contributed by atoms with E-state index in [1.165, 1.54) is 24.3 Å². The van der Waals surface area contributed by atoms with E-state index in [4.69, 9.17) is 11.6 Å². The summed E-state index contributed by atoms with van der Waals surface area (Å²) in [6.45, 7) is 0.382. The first-order valence-electron chi connectivity index (χ1n) is 7.08. The van der Waals surface area contributed by atoms with Gasteiger partial charge in [0.15, 0.2) is 0 Å². The Hall–Kier alpha value is -2.12. The van der Waals surface area contributed by atoms with Crippen LogP contribution in [0.5, 0.6) is 0 Å². The van der Waals surface area contributed by atoms with Gasteiger partial charge in [0.2, 0.25) is 0 Å². The van der Waals surface area contributed by atoms with Crippen LogP contribution in [-0.2, 0) is 0 Å². The SMILES string of the molecule is O=C(NCCCSc1ccc(F)cc1)c1ccc(Cl)cc1[N+](=O)[O-]. The molecule has 2 rings (SSSR count). The number of nitro benzene ring substituents is 1. The number of nitro groups is 1. The molecule has 0 fully saturated rings. The van der Waals surface area contributed by atoms with Gasteiger partial charge < -0.3 is 5.32 Å². The van der Waals surface area contributed by atoms with E-state index in [1.807, 2.05) is 0 Å². The van der Waals surface area contributed by atoms with Gasteiger partial charge in [0.1, 0.15) is 11.4 Å². The molecular formula is C16H14ClFN2O3S. The fraction of sp³-hybridized carbons (Fsp3) is 0.188. The lowest BCUT2D eigenvalue weighted by Gasteiger charge is -2.06. The fourth-order valence-electron chi connectivity index (χ4n) is 1.94. The minimum absolute atomic E-state index is 0.0180. The number of thioether (sulfide) groups is 1. The molecule has 2 aromatic carbocycles. The van der Waals surface area contributed by atoms with Crippen LogP contribution >= 0.6 is 23.4 Å². The third-order valence-electron chi connectivity index (χ3n) is 3.09. The number of nitrogens with zero attached hydrogens (tertiary/aromatic N) is 1. The van der Waals surface area contributed by atoms with E-state index in [9.17, 15) is 19.3 Å². The normalized spacial score (nSPS) is 10.4. The summed E-state index contributed by atoms with van der Waals surface area (Å²) in [5.41, 5.74) is -0.337. The highest BCUT2D eigenvalue weighted by Crippen LogP contribution is 2.23. The van der Waals surface area contributed by atoms with Crippen molar-refractivity contribution in [2.24, 2.45) is 0 Å². The highest BCUT2D eigenvalue weighted by Gasteiger charge is 2.20. The molecular weight excluding hydrogens is 355 g/mol. The molecule has 1 amide bonds. The first-order valence-corrected chi connectivity index (χ1v) is 8.44. The van der Waals surface area contributed by atoms with Crippen molar-refractivity contribution in [2.75, 3.05) is 12.3 Å². The molecule has 0 atom stereocenters. The maximum atomic E-state index is 12.8. The summed E-state index contributed by atoms with van der Waals surface area (Å²) in [4.78, 5) is 23.3. The topological polar surface area (TPSA) is 72.2 Å². The van der Waals surface area contributed by atoms with Crippen LogP contribution in [0.2, 0.25) is 5.02 Å². The molecule has 0 aliphatic heterocycles. The van der Waals surface area contributed by atoms with Crippen molar-refractivity contribution in [1.29, 1.82) is 0 Å². The van der Waals surface area contributed by atoms with Gasteiger partial charge >= 0.3 is 0 Å². The molecule has 0 saturated carbocycles. The second-order valence-corrected chi connectivity index (χ2v) is 6.44. The van der Waals surface area contributed by atoms with Crippen LogP contribution in [0.4, 0.5) is 10.1 Å². The van der Waals surface area contributed by atoms with Crippen molar-refractivity contribution in [3.63, 3.8) is 0 Å². The molecule has 0 bridgehead atoms. The molecule has 1 N–H and O–H groups in total. The maximum absolute atomic E-state index is 12.8. The van der Waals surface area contributed by atoms with Crippen LogP contribution in [0.1, 0.15) is 16.8 Å². The smallest absolute Gasteiger partial charge is 0.283 e. The summed E-state index contributed by atoms with van der Waals surface area (Å²) < 4.78 is 12.8. The van der Waals surface area contributed by atoms with Crippen LogP contribution < -0.4 is 5.32 Å². The van der Waals surface area contributed by atoms with Crippen molar-refractivity contribution < 1.29 is 14.1 Å². The minimum atomic E-state index is -0.634. The maximum Gasteiger partial charge on any atom is 0.283 e. The Balaban J connectivity index is 1.81. The van der Waals surface area contributed by atoms with Crippen LogP contribution in [0, 0.1) is 15.9 Å². The number of carbonyl (C=O) groups is 1. The monoisotopic (exact) mass is 368 g/mol. The van der Waals surface area contributed by atoms with Gasteiger partial charge in [0, 0.05) is 22.5 Å². The first kappa shape index (κ1) is 18.2. The molecule has 0 aliphatic rings. The summed E-state index contributed by atoms with van der Waals surface area (Å²) in [5.74, 6) is -0.0597. The number of halogens is 2. The van der Waals surface area contributed by atoms with E-state index in [-0.39, 0.29) is 22.1 Å². The van der Waals surface area contributed by atoms with E-state index in [1.54, 1.807) is 23.9 Å². The number of amides is 1. The Morgan fingerprint density at radius 3 is 2.62 bits per heavy atom. The quantitative estimate of drug-likeness (QED) is 0.342. The molecule has 0 radical (unpaired) electrons. The Labute approximate surface area is 147 Å². The van der Waals surface area contributed by atoms with Crippen molar-refractivity contribution >= 4 is 35.0 Å². The third-order valence-corrected chi connectivity index (χ3v) is 4.42. The highest BCUT2D eigenvalue weighted by atomic mass is 35.5. The number of nitrogens with one attached hydrogen (secondary N) is 1. The van der Waals surface area contributed by atoms with Gasteiger partial charge in [0.25, 0.3) is 11.6 Å². The summed E-state index contributed by atoms with van der Waals surface area (Å²) in [7, 11) is 0. The molecule has 126 valence electrons. The highest BCUT2D eigenvalue weighted by molar-refractivity contribution is 7.99. The van der Waals surface area contributed by atoms with E-state index in [0.717, 1.165) is 16.7 Å². The first-order chi connectivity index (χ1) is 11.5. The fourth-order valence-corrected chi connectivity index (χ4v) is 2.96. The number of hydrogen-bond acceptors (Lipinski definition) is 4. The number of carbonyl (C=O) groups excluding carboxylic acids is 1. The zero-order valence-electron chi connectivity index (χ0n) is 12.5. The van der Waals surface area contributed by atoms with Gasteiger partial charge in [-0.05, 0) is 48.6 Å². The number of hydrogen-bond donors (Lipinski definition) is 1. The molecule has 2 aromatic rings. The third kappa shape index (κ3) is 5.21. The Bertz CT molecular complexity index is 741. The summed E-state index contributed by atoms with van der Waals surface area (Å²) in [5, 5.41) is 13.8. The molecule has 5 nitrogen and oxygen atoms in total. The zero-order chi connectivity index (χ0) is 17.5. The molecule has 0 unspecified atom stereocenters. The Kier molecular flexibility index (Phi) is 6.57. The van der Waals surface area contributed by atoms with Crippen LogP contribution in [0.3, 0.4) is 0 Å². The lowest BCUT2D eigenvalue weighted by molar-refractivity contribution is -0.385. The molecule has 0 heterocycles. The summed E-state index contributed by atoms with van der Waals surface area (Å²) in [6, 6.07) is 10.1. The van der Waals surface area contributed by atoms with Crippen molar-refractivity contribution in [1.82, 2.24) is 5.32 Å². The number of rotatable bonds is 7. The number of benzene rings is 2. The predicted octanol–water partition coefficient (Wildman–Crippen LogP) is 4.30. The molecule has 24 heavy (non-hydrogen) atoms. The van der Waals surface area contributed by atoms with Crippen molar-refractivity contribution in [2.45, 2.75) is 11.3 Å². The summed E-state index contributed by atoms with van der Waals surface area (Å²) >= 11 is 7.26. The molecule has 0 aliphatic carbocycles. The van der Waals surface area contributed by atoms with Gasteiger partial charge in [0.05, 0.1) is 4.92 Å². The van der Waals surface area contributed by atoms with E-state index in [0.29, 0.717) is 13.0 Å². The molecule has 0 aromatic heterocycles. The standard InChI is InChI=1S/C16H14ClFN2O3S/c17-11-2-7-14(15(10-11)20(22)23)16(21)19-8-1-9-24-13-5-3-12(18)4-6-13/h2-7,10H,1,8-9H2,(H,19,21). The van der Waals surface area contributed by atoms with Gasteiger partial charge in [-0.15, -0.1) is 11.8 Å². The molecule has 0 spiro atoms. The predicted molar refractivity (Wildman–Crippen MR) is 92.2 cm³/mol. The average molecular weight is 369 g/mol. The van der Waals surface area contributed by atoms with Gasteiger partial charge in [-0.25, -0.2) is 4.39 Å².